The van der Waals surface area contributed by atoms with E-state index in [9.17, 15) is 0 Å². The van der Waals surface area contributed by atoms with Gasteiger partial charge in [-0.15, -0.1) is 0 Å². The van der Waals surface area contributed by atoms with E-state index in [1.165, 1.54) is 18.5 Å². The number of hydrogen-bond donors (Lipinski definition) is 1. The van der Waals surface area contributed by atoms with E-state index in [2.05, 4.69) is 17.1 Å². The van der Waals surface area contributed by atoms with Crippen LogP contribution in [0.2, 0.25) is 10.0 Å². The molecule has 0 amide bonds. The summed E-state index contributed by atoms with van der Waals surface area (Å²) in [6.45, 7) is 4.47. The van der Waals surface area contributed by atoms with Crippen LogP contribution in [0.4, 0.5) is 11.4 Å². The predicted octanol–water partition coefficient (Wildman–Crippen LogP) is 4.02. The number of piperidine rings is 1. The van der Waals surface area contributed by atoms with Crippen molar-refractivity contribution in [1.82, 2.24) is 0 Å². The van der Waals surface area contributed by atoms with E-state index in [0.29, 0.717) is 16.1 Å². The van der Waals surface area contributed by atoms with Gasteiger partial charge in [0.25, 0.3) is 0 Å². The van der Waals surface area contributed by atoms with Crippen molar-refractivity contribution in [3.05, 3.63) is 22.2 Å². The molecule has 2 aliphatic heterocycles. The molecule has 0 radical (unpaired) electrons. The molecule has 3 rings (SSSR count). The molecule has 2 nitrogen and oxygen atoms in total. The fraction of sp³-hybridized carbons (Fsp3) is 0.538. The molecule has 1 saturated heterocycles. The summed E-state index contributed by atoms with van der Waals surface area (Å²) in [5.41, 5.74) is 2.33. The lowest BCUT2D eigenvalue weighted by molar-refractivity contribution is 0.367. The number of hydrogen-bond acceptors (Lipinski definition) is 2. The van der Waals surface area contributed by atoms with Gasteiger partial charge < -0.3 is 10.2 Å². The van der Waals surface area contributed by atoms with Gasteiger partial charge in [-0.1, -0.05) is 30.1 Å². The second kappa shape index (κ2) is 4.25. The van der Waals surface area contributed by atoms with Crippen molar-refractivity contribution in [2.75, 3.05) is 23.3 Å². The SMILES string of the molecule is CC1CCN2c3cc(Cl)c(Cl)cc3NCC2C1. The Balaban J connectivity index is 1.98. The number of fused-ring (bicyclic) bond motifs is 3. The van der Waals surface area contributed by atoms with E-state index in [0.717, 1.165) is 24.7 Å². The van der Waals surface area contributed by atoms with Crippen molar-refractivity contribution in [2.45, 2.75) is 25.8 Å². The van der Waals surface area contributed by atoms with Gasteiger partial charge in [0.1, 0.15) is 0 Å². The summed E-state index contributed by atoms with van der Waals surface area (Å²) in [7, 11) is 0. The summed E-state index contributed by atoms with van der Waals surface area (Å²) in [6, 6.07) is 4.53. The standard InChI is InChI=1S/C13H16Cl2N2/c1-8-2-3-17-9(4-8)7-16-12-5-10(14)11(15)6-13(12)17/h5-6,8-9,16H,2-4,7H2,1H3. The summed E-state index contributed by atoms with van der Waals surface area (Å²) in [4.78, 5) is 2.48. The number of nitrogens with one attached hydrogen (secondary N) is 1. The molecule has 0 saturated carbocycles. The lowest BCUT2D eigenvalue weighted by Crippen LogP contribution is -2.48. The van der Waals surface area contributed by atoms with E-state index < -0.39 is 0 Å². The molecule has 1 aromatic carbocycles. The Hall–Kier alpha value is -0.600. The Morgan fingerprint density at radius 2 is 2.06 bits per heavy atom. The van der Waals surface area contributed by atoms with Crippen molar-refractivity contribution >= 4 is 34.6 Å². The Morgan fingerprint density at radius 3 is 2.88 bits per heavy atom. The molecule has 1 fully saturated rings. The highest BCUT2D eigenvalue weighted by Crippen LogP contribution is 2.40. The summed E-state index contributed by atoms with van der Waals surface area (Å²) >= 11 is 12.2. The van der Waals surface area contributed by atoms with Crippen molar-refractivity contribution in [3.63, 3.8) is 0 Å². The fourth-order valence-electron chi connectivity index (χ4n) is 2.91. The van der Waals surface area contributed by atoms with Gasteiger partial charge >= 0.3 is 0 Å². The van der Waals surface area contributed by atoms with E-state index in [1.807, 2.05) is 12.1 Å². The van der Waals surface area contributed by atoms with Crippen molar-refractivity contribution in [3.8, 4) is 0 Å². The van der Waals surface area contributed by atoms with Crippen LogP contribution in [0, 0.1) is 5.92 Å². The first-order valence-electron chi connectivity index (χ1n) is 6.14. The van der Waals surface area contributed by atoms with Crippen LogP contribution in [0.15, 0.2) is 12.1 Å². The first-order chi connectivity index (χ1) is 8.15. The molecule has 1 N–H and O–H groups in total. The minimum Gasteiger partial charge on any atom is -0.381 e. The van der Waals surface area contributed by atoms with Crippen molar-refractivity contribution in [1.29, 1.82) is 0 Å². The maximum Gasteiger partial charge on any atom is 0.0621 e. The minimum atomic E-state index is 0.600. The molecule has 0 spiro atoms. The third-order valence-electron chi connectivity index (χ3n) is 3.85. The number of halogens is 2. The smallest absolute Gasteiger partial charge is 0.0621 e. The van der Waals surface area contributed by atoms with E-state index in [4.69, 9.17) is 23.2 Å². The predicted molar refractivity (Wildman–Crippen MR) is 74.5 cm³/mol. The van der Waals surface area contributed by atoms with Gasteiger partial charge in [0.2, 0.25) is 0 Å². The van der Waals surface area contributed by atoms with E-state index >= 15 is 0 Å². The summed E-state index contributed by atoms with van der Waals surface area (Å²) < 4.78 is 0. The number of benzene rings is 1. The summed E-state index contributed by atoms with van der Waals surface area (Å²) in [5.74, 6) is 0.822. The molecule has 2 heterocycles. The molecular formula is C13H16Cl2N2. The Kier molecular flexibility index (Phi) is 2.87. The lowest BCUT2D eigenvalue weighted by Gasteiger charge is -2.44. The summed E-state index contributed by atoms with van der Waals surface area (Å²) in [6.07, 6.45) is 2.52. The maximum absolute atomic E-state index is 6.12. The van der Waals surface area contributed by atoms with Crippen LogP contribution in [0.1, 0.15) is 19.8 Å². The van der Waals surface area contributed by atoms with Crippen molar-refractivity contribution < 1.29 is 0 Å². The van der Waals surface area contributed by atoms with Crippen LogP contribution in [0.3, 0.4) is 0 Å². The highest BCUT2D eigenvalue weighted by atomic mass is 35.5. The quantitative estimate of drug-likeness (QED) is 0.766. The molecule has 92 valence electrons. The zero-order valence-corrected chi connectivity index (χ0v) is 11.4. The van der Waals surface area contributed by atoms with Gasteiger partial charge in [0.05, 0.1) is 21.4 Å². The molecule has 2 aliphatic rings. The lowest BCUT2D eigenvalue weighted by atomic mass is 9.90. The summed E-state index contributed by atoms with van der Waals surface area (Å²) in [5, 5.41) is 4.74. The Labute approximate surface area is 112 Å². The minimum absolute atomic E-state index is 0.600. The van der Waals surface area contributed by atoms with Crippen LogP contribution in [0.5, 0.6) is 0 Å². The van der Waals surface area contributed by atoms with Crippen LogP contribution < -0.4 is 10.2 Å². The van der Waals surface area contributed by atoms with Gasteiger partial charge in [0, 0.05) is 19.1 Å². The molecule has 2 unspecified atom stereocenters. The highest BCUT2D eigenvalue weighted by molar-refractivity contribution is 6.42. The van der Waals surface area contributed by atoms with Crippen LogP contribution in [-0.4, -0.2) is 19.1 Å². The van der Waals surface area contributed by atoms with Crippen LogP contribution in [-0.2, 0) is 0 Å². The first kappa shape index (κ1) is 11.5. The van der Waals surface area contributed by atoms with Gasteiger partial charge in [-0.3, -0.25) is 0 Å². The monoisotopic (exact) mass is 270 g/mol. The molecule has 1 aromatic rings. The van der Waals surface area contributed by atoms with E-state index in [1.54, 1.807) is 0 Å². The fourth-order valence-corrected chi connectivity index (χ4v) is 3.23. The normalized spacial score (nSPS) is 27.1. The van der Waals surface area contributed by atoms with Crippen LogP contribution >= 0.6 is 23.2 Å². The van der Waals surface area contributed by atoms with Gasteiger partial charge in [-0.25, -0.2) is 0 Å². The Morgan fingerprint density at radius 1 is 1.29 bits per heavy atom. The molecular weight excluding hydrogens is 255 g/mol. The van der Waals surface area contributed by atoms with Gasteiger partial charge in [0.15, 0.2) is 0 Å². The average Bonchev–Trinajstić information content (AvgIpc) is 2.30. The number of nitrogens with zero attached hydrogens (tertiary/aromatic N) is 1. The second-order valence-corrected chi connectivity index (χ2v) is 5.96. The van der Waals surface area contributed by atoms with Crippen LogP contribution in [0.25, 0.3) is 0 Å². The molecule has 4 heteroatoms. The Bertz CT molecular complexity index is 447. The maximum atomic E-state index is 6.12. The molecule has 17 heavy (non-hydrogen) atoms. The third kappa shape index (κ3) is 1.98. The van der Waals surface area contributed by atoms with Gasteiger partial charge in [-0.2, -0.15) is 0 Å². The van der Waals surface area contributed by atoms with E-state index in [-0.39, 0.29) is 0 Å². The number of anilines is 2. The molecule has 0 aromatic heterocycles. The largest absolute Gasteiger partial charge is 0.381 e. The topological polar surface area (TPSA) is 15.3 Å². The first-order valence-corrected chi connectivity index (χ1v) is 6.90. The highest BCUT2D eigenvalue weighted by Gasteiger charge is 2.31. The van der Waals surface area contributed by atoms with Crippen molar-refractivity contribution in [2.24, 2.45) is 5.92 Å². The molecule has 0 bridgehead atoms. The second-order valence-electron chi connectivity index (χ2n) is 5.14. The zero-order valence-electron chi connectivity index (χ0n) is 9.84. The zero-order chi connectivity index (χ0) is 12.0. The van der Waals surface area contributed by atoms with Gasteiger partial charge in [-0.05, 0) is 30.9 Å². The number of rotatable bonds is 0. The molecule has 0 aliphatic carbocycles. The molecule has 2 atom stereocenters. The average molecular weight is 271 g/mol. The third-order valence-corrected chi connectivity index (χ3v) is 4.58.